The van der Waals surface area contributed by atoms with Crippen molar-refractivity contribution < 1.29 is 0 Å². The van der Waals surface area contributed by atoms with E-state index in [1.165, 1.54) is 12.8 Å². The largest absolute Gasteiger partial charge is 0.389 e. The van der Waals surface area contributed by atoms with Gasteiger partial charge in [-0.3, -0.25) is 0 Å². The molecule has 1 saturated heterocycles. The third-order valence-corrected chi connectivity index (χ3v) is 4.64. The fourth-order valence-electron chi connectivity index (χ4n) is 2.64. The molecule has 1 aromatic carbocycles. The first-order valence-electron chi connectivity index (χ1n) is 6.50. The first-order valence-corrected chi connectivity index (χ1v) is 7.70. The van der Waals surface area contributed by atoms with Gasteiger partial charge in [0.05, 0.1) is 0 Å². The zero-order chi connectivity index (χ0) is 14.0. The van der Waals surface area contributed by atoms with Crippen molar-refractivity contribution in [2.45, 2.75) is 18.9 Å². The summed E-state index contributed by atoms with van der Waals surface area (Å²) in [7, 11) is 4.31. The zero-order valence-corrected chi connectivity index (χ0v) is 13.8. The van der Waals surface area contributed by atoms with Gasteiger partial charge in [-0.2, -0.15) is 0 Å². The Balaban J connectivity index is 2.20. The van der Waals surface area contributed by atoms with Gasteiger partial charge < -0.3 is 15.5 Å². The first-order chi connectivity index (χ1) is 9.00. The number of nitrogens with two attached hydrogens (primary N) is 1. The minimum atomic E-state index is 0.456. The van der Waals surface area contributed by atoms with E-state index in [1.54, 1.807) is 0 Å². The molecule has 0 aromatic heterocycles. The normalized spacial score (nSPS) is 16.9. The van der Waals surface area contributed by atoms with Gasteiger partial charge in [0, 0.05) is 34.9 Å². The predicted molar refractivity (Wildman–Crippen MR) is 89.0 cm³/mol. The second-order valence-corrected chi connectivity index (χ2v) is 6.47. The molecule has 0 aliphatic carbocycles. The summed E-state index contributed by atoms with van der Waals surface area (Å²) in [5, 5.41) is 0. The second kappa shape index (κ2) is 6.20. The molecule has 2 N–H and O–H groups in total. The van der Waals surface area contributed by atoms with E-state index in [0.29, 0.717) is 11.0 Å². The lowest BCUT2D eigenvalue weighted by molar-refractivity contribution is 0.249. The molecule has 1 heterocycles. The molecule has 0 bridgehead atoms. The van der Waals surface area contributed by atoms with E-state index < -0.39 is 0 Å². The monoisotopic (exact) mass is 341 g/mol. The average molecular weight is 342 g/mol. The number of benzene rings is 1. The standard InChI is InChI=1S/C14H20BrN3S/c1-17(2)10-6-8-18(9-7-10)12-5-3-4-11(15)13(12)14(16)19/h3-5,10H,6-9H2,1-2H3,(H2,16,19). The Morgan fingerprint density at radius 2 is 2.00 bits per heavy atom. The van der Waals surface area contributed by atoms with Crippen molar-refractivity contribution in [1.82, 2.24) is 4.90 Å². The number of anilines is 1. The molecule has 0 amide bonds. The van der Waals surface area contributed by atoms with Crippen LogP contribution in [0, 0.1) is 0 Å². The van der Waals surface area contributed by atoms with Gasteiger partial charge in [0.2, 0.25) is 0 Å². The van der Waals surface area contributed by atoms with Crippen molar-refractivity contribution in [3.05, 3.63) is 28.2 Å². The Labute approximate surface area is 128 Å². The Morgan fingerprint density at radius 1 is 1.37 bits per heavy atom. The fourth-order valence-corrected chi connectivity index (χ4v) is 3.56. The van der Waals surface area contributed by atoms with Crippen LogP contribution in [0.4, 0.5) is 5.69 Å². The summed E-state index contributed by atoms with van der Waals surface area (Å²) in [5.41, 5.74) is 7.98. The summed E-state index contributed by atoms with van der Waals surface area (Å²) in [6, 6.07) is 6.82. The Hall–Kier alpha value is -0.650. The van der Waals surface area contributed by atoms with E-state index in [0.717, 1.165) is 28.8 Å². The highest BCUT2D eigenvalue weighted by atomic mass is 79.9. The molecule has 1 fully saturated rings. The average Bonchev–Trinajstić information content (AvgIpc) is 2.38. The van der Waals surface area contributed by atoms with Crippen LogP contribution in [0.1, 0.15) is 18.4 Å². The van der Waals surface area contributed by atoms with Crippen LogP contribution in [0.3, 0.4) is 0 Å². The van der Waals surface area contributed by atoms with Gasteiger partial charge in [-0.05, 0) is 55.0 Å². The lowest BCUT2D eigenvalue weighted by Crippen LogP contribution is -2.42. The number of piperidine rings is 1. The predicted octanol–water partition coefficient (Wildman–Crippen LogP) is 2.61. The minimum absolute atomic E-state index is 0.456. The van der Waals surface area contributed by atoms with Gasteiger partial charge in [-0.25, -0.2) is 0 Å². The van der Waals surface area contributed by atoms with Gasteiger partial charge >= 0.3 is 0 Å². The molecular weight excluding hydrogens is 322 g/mol. The number of thiocarbonyl (C=S) groups is 1. The van der Waals surface area contributed by atoms with Gasteiger partial charge in [0.25, 0.3) is 0 Å². The van der Waals surface area contributed by atoms with E-state index in [4.69, 9.17) is 18.0 Å². The summed E-state index contributed by atoms with van der Waals surface area (Å²) < 4.78 is 0.979. The maximum atomic E-state index is 5.86. The molecule has 0 spiro atoms. The highest BCUT2D eigenvalue weighted by molar-refractivity contribution is 9.10. The van der Waals surface area contributed by atoms with Crippen LogP contribution in [0.5, 0.6) is 0 Å². The SMILES string of the molecule is CN(C)C1CCN(c2cccc(Br)c2C(N)=S)CC1. The Bertz CT molecular complexity index is 468. The molecule has 19 heavy (non-hydrogen) atoms. The highest BCUT2D eigenvalue weighted by Crippen LogP contribution is 2.30. The molecule has 0 radical (unpaired) electrons. The smallest absolute Gasteiger partial charge is 0.107 e. The summed E-state index contributed by atoms with van der Waals surface area (Å²) in [4.78, 5) is 5.16. The number of nitrogens with zero attached hydrogens (tertiary/aromatic N) is 2. The van der Waals surface area contributed by atoms with E-state index in [1.807, 2.05) is 12.1 Å². The highest BCUT2D eigenvalue weighted by Gasteiger charge is 2.23. The molecule has 1 aliphatic rings. The molecule has 3 nitrogen and oxygen atoms in total. The van der Waals surface area contributed by atoms with Crippen molar-refractivity contribution in [2.75, 3.05) is 32.1 Å². The van der Waals surface area contributed by atoms with Crippen LogP contribution in [0.25, 0.3) is 0 Å². The summed E-state index contributed by atoms with van der Waals surface area (Å²) in [6.07, 6.45) is 2.35. The van der Waals surface area contributed by atoms with E-state index in [9.17, 15) is 0 Å². The van der Waals surface area contributed by atoms with Crippen molar-refractivity contribution >= 4 is 38.8 Å². The zero-order valence-electron chi connectivity index (χ0n) is 11.4. The quantitative estimate of drug-likeness (QED) is 0.856. The lowest BCUT2D eigenvalue weighted by atomic mass is 10.0. The van der Waals surface area contributed by atoms with Crippen LogP contribution < -0.4 is 10.6 Å². The molecule has 104 valence electrons. The van der Waals surface area contributed by atoms with E-state index in [-0.39, 0.29) is 0 Å². The Kier molecular flexibility index (Phi) is 4.81. The molecule has 0 atom stereocenters. The number of halogens is 1. The number of hydrogen-bond donors (Lipinski definition) is 1. The summed E-state index contributed by atoms with van der Waals surface area (Å²) in [5.74, 6) is 0. The minimum Gasteiger partial charge on any atom is -0.389 e. The van der Waals surface area contributed by atoms with Crippen molar-refractivity contribution in [1.29, 1.82) is 0 Å². The van der Waals surface area contributed by atoms with Crippen molar-refractivity contribution in [3.8, 4) is 0 Å². The van der Waals surface area contributed by atoms with Gasteiger partial charge in [0.15, 0.2) is 0 Å². The maximum absolute atomic E-state index is 5.86. The van der Waals surface area contributed by atoms with Crippen LogP contribution in [-0.4, -0.2) is 43.1 Å². The molecule has 1 aromatic rings. The number of rotatable bonds is 3. The van der Waals surface area contributed by atoms with Crippen molar-refractivity contribution in [2.24, 2.45) is 5.73 Å². The molecule has 2 rings (SSSR count). The Morgan fingerprint density at radius 3 is 2.53 bits per heavy atom. The van der Waals surface area contributed by atoms with Gasteiger partial charge in [-0.15, -0.1) is 0 Å². The van der Waals surface area contributed by atoms with E-state index in [2.05, 4.69) is 45.9 Å². The summed E-state index contributed by atoms with van der Waals surface area (Å²) >= 11 is 8.73. The van der Waals surface area contributed by atoms with Gasteiger partial charge in [0.1, 0.15) is 4.99 Å². The second-order valence-electron chi connectivity index (χ2n) is 5.18. The topological polar surface area (TPSA) is 32.5 Å². The van der Waals surface area contributed by atoms with Crippen LogP contribution in [0.15, 0.2) is 22.7 Å². The molecule has 0 saturated carbocycles. The molecule has 0 unspecified atom stereocenters. The number of hydrogen-bond acceptors (Lipinski definition) is 3. The third-order valence-electron chi connectivity index (χ3n) is 3.77. The molecular formula is C14H20BrN3S. The molecule has 1 aliphatic heterocycles. The molecule has 5 heteroatoms. The third kappa shape index (κ3) is 3.27. The summed E-state index contributed by atoms with van der Waals surface area (Å²) in [6.45, 7) is 2.10. The maximum Gasteiger partial charge on any atom is 0.107 e. The lowest BCUT2D eigenvalue weighted by Gasteiger charge is -2.37. The first kappa shape index (κ1) is 14.8. The van der Waals surface area contributed by atoms with Crippen LogP contribution in [0.2, 0.25) is 0 Å². The van der Waals surface area contributed by atoms with Crippen molar-refractivity contribution in [3.63, 3.8) is 0 Å². The van der Waals surface area contributed by atoms with Crippen LogP contribution >= 0.6 is 28.1 Å². The fraction of sp³-hybridized carbons (Fsp3) is 0.500. The van der Waals surface area contributed by atoms with E-state index >= 15 is 0 Å². The van der Waals surface area contributed by atoms with Gasteiger partial charge in [-0.1, -0.05) is 18.3 Å². The van der Waals surface area contributed by atoms with Crippen LogP contribution in [-0.2, 0) is 0 Å².